The average molecular weight is 270 g/mol. The monoisotopic (exact) mass is 270 g/mol. The molecule has 0 fully saturated rings. The Balaban J connectivity index is 2.67. The zero-order valence-corrected chi connectivity index (χ0v) is 11.4. The van der Waals surface area contributed by atoms with Gasteiger partial charge >= 0.3 is 12.0 Å². The van der Waals surface area contributed by atoms with Crippen LogP contribution in [0.1, 0.15) is 37.0 Å². The summed E-state index contributed by atoms with van der Waals surface area (Å²) in [7, 11) is 0. The summed E-state index contributed by atoms with van der Waals surface area (Å²) in [5.74, 6) is -1.02. The van der Waals surface area contributed by atoms with E-state index >= 15 is 0 Å². The molecule has 2 N–H and O–H groups in total. The van der Waals surface area contributed by atoms with E-state index in [0.717, 1.165) is 12.8 Å². The van der Waals surface area contributed by atoms with Crippen molar-refractivity contribution in [1.29, 1.82) is 0 Å². The van der Waals surface area contributed by atoms with E-state index in [9.17, 15) is 9.59 Å². The molecule has 0 aliphatic rings. The quantitative estimate of drug-likeness (QED) is 0.834. The van der Waals surface area contributed by atoms with E-state index < -0.39 is 5.97 Å². The van der Waals surface area contributed by atoms with Crippen molar-refractivity contribution in [3.63, 3.8) is 0 Å². The summed E-state index contributed by atoms with van der Waals surface area (Å²) >= 11 is 1.22. The summed E-state index contributed by atoms with van der Waals surface area (Å²) in [4.78, 5) is 24.5. The minimum Gasteiger partial charge on any atom is -0.478 e. The first-order chi connectivity index (χ1) is 8.60. The van der Waals surface area contributed by atoms with Gasteiger partial charge in [0.05, 0.1) is 5.56 Å². The number of anilines is 1. The second kappa shape index (κ2) is 7.00. The Labute approximate surface area is 110 Å². The van der Waals surface area contributed by atoms with Crippen molar-refractivity contribution in [2.45, 2.75) is 26.7 Å². The molecule has 0 saturated carbocycles. The number of carbonyl (C=O) groups is 2. The first kappa shape index (κ1) is 14.5. The molecule has 100 valence electrons. The molecule has 0 aliphatic carbocycles. The van der Waals surface area contributed by atoms with E-state index in [4.69, 9.17) is 5.11 Å². The molecular weight excluding hydrogens is 252 g/mol. The van der Waals surface area contributed by atoms with Crippen molar-refractivity contribution in [3.8, 4) is 0 Å². The number of amides is 2. The van der Waals surface area contributed by atoms with Crippen LogP contribution in [-0.2, 0) is 0 Å². The maximum absolute atomic E-state index is 12.0. The molecule has 1 rings (SSSR count). The highest BCUT2D eigenvalue weighted by atomic mass is 32.1. The Hall–Kier alpha value is -1.56. The van der Waals surface area contributed by atoms with Crippen molar-refractivity contribution in [2.24, 2.45) is 0 Å². The second-order valence-electron chi connectivity index (χ2n) is 3.83. The van der Waals surface area contributed by atoms with Gasteiger partial charge in [-0.2, -0.15) is 0 Å². The van der Waals surface area contributed by atoms with E-state index in [2.05, 4.69) is 12.2 Å². The summed E-state index contributed by atoms with van der Waals surface area (Å²) in [6, 6.07) is 1.25. The first-order valence-corrected chi connectivity index (χ1v) is 6.84. The highest BCUT2D eigenvalue weighted by Gasteiger charge is 2.16. The highest BCUT2D eigenvalue weighted by Crippen LogP contribution is 2.23. The van der Waals surface area contributed by atoms with Crippen LogP contribution in [0.3, 0.4) is 0 Å². The normalized spacial score (nSPS) is 10.1. The molecule has 0 saturated heterocycles. The molecule has 6 heteroatoms. The number of rotatable bonds is 6. The van der Waals surface area contributed by atoms with Crippen LogP contribution in [0.4, 0.5) is 9.80 Å². The van der Waals surface area contributed by atoms with Crippen molar-refractivity contribution in [1.82, 2.24) is 4.90 Å². The topological polar surface area (TPSA) is 69.6 Å². The van der Waals surface area contributed by atoms with Gasteiger partial charge in [0.15, 0.2) is 0 Å². The fraction of sp³-hybridized carbons (Fsp3) is 0.500. The van der Waals surface area contributed by atoms with Gasteiger partial charge in [-0.15, -0.1) is 11.3 Å². The molecule has 0 bridgehead atoms. The van der Waals surface area contributed by atoms with Crippen molar-refractivity contribution >= 4 is 28.3 Å². The van der Waals surface area contributed by atoms with Crippen molar-refractivity contribution < 1.29 is 14.7 Å². The van der Waals surface area contributed by atoms with Gasteiger partial charge < -0.3 is 10.0 Å². The number of hydrogen-bond acceptors (Lipinski definition) is 3. The molecule has 1 heterocycles. The molecule has 5 nitrogen and oxygen atoms in total. The van der Waals surface area contributed by atoms with E-state index in [-0.39, 0.29) is 11.6 Å². The number of hydrogen-bond donors (Lipinski definition) is 2. The standard InChI is InChI=1S/C12H18N2O3S/c1-3-5-7-14(4-2)12(17)13-10-9(11(15)16)6-8-18-10/h6,8H,3-5,7H2,1-2H3,(H,13,17)(H,15,16). The molecule has 0 radical (unpaired) electrons. The van der Waals surface area contributed by atoms with E-state index in [1.54, 1.807) is 10.3 Å². The number of nitrogens with one attached hydrogen (secondary N) is 1. The lowest BCUT2D eigenvalue weighted by Crippen LogP contribution is -2.35. The number of carboxylic acid groups (broad SMARTS) is 1. The number of urea groups is 1. The van der Waals surface area contributed by atoms with E-state index in [1.165, 1.54) is 17.4 Å². The van der Waals surface area contributed by atoms with Crippen LogP contribution >= 0.6 is 11.3 Å². The Morgan fingerprint density at radius 3 is 2.72 bits per heavy atom. The lowest BCUT2D eigenvalue weighted by Gasteiger charge is -2.20. The number of unbranched alkanes of at least 4 members (excludes halogenated alkanes) is 1. The zero-order chi connectivity index (χ0) is 13.5. The summed E-state index contributed by atoms with van der Waals surface area (Å²) in [5.41, 5.74) is 0.139. The van der Waals surface area contributed by atoms with Crippen LogP contribution < -0.4 is 5.32 Å². The number of thiophene rings is 1. The van der Waals surface area contributed by atoms with Crippen LogP contribution in [-0.4, -0.2) is 35.1 Å². The maximum Gasteiger partial charge on any atom is 0.338 e. The molecule has 0 atom stereocenters. The Morgan fingerprint density at radius 1 is 1.44 bits per heavy atom. The Kier molecular flexibility index (Phi) is 5.64. The molecule has 1 aromatic rings. The molecule has 0 spiro atoms. The Bertz CT molecular complexity index is 417. The largest absolute Gasteiger partial charge is 0.478 e. The molecule has 0 aromatic carbocycles. The zero-order valence-electron chi connectivity index (χ0n) is 10.6. The average Bonchev–Trinajstić information content (AvgIpc) is 2.78. The van der Waals surface area contributed by atoms with Gasteiger partial charge in [-0.3, -0.25) is 5.32 Å². The third-order valence-electron chi connectivity index (χ3n) is 2.57. The fourth-order valence-corrected chi connectivity index (χ4v) is 2.27. The number of aromatic carboxylic acids is 1. The predicted octanol–water partition coefficient (Wildman–Crippen LogP) is 3.10. The Morgan fingerprint density at radius 2 is 2.17 bits per heavy atom. The molecule has 18 heavy (non-hydrogen) atoms. The highest BCUT2D eigenvalue weighted by molar-refractivity contribution is 7.14. The number of nitrogens with zero attached hydrogens (tertiary/aromatic N) is 1. The molecule has 1 aromatic heterocycles. The van der Waals surface area contributed by atoms with Gasteiger partial charge in [-0.1, -0.05) is 13.3 Å². The molecule has 2 amide bonds. The van der Waals surface area contributed by atoms with Gasteiger partial charge in [-0.05, 0) is 24.8 Å². The summed E-state index contributed by atoms with van der Waals surface area (Å²) in [6.45, 7) is 5.27. The van der Waals surface area contributed by atoms with Crippen molar-refractivity contribution in [3.05, 3.63) is 17.0 Å². The number of carbonyl (C=O) groups excluding carboxylic acids is 1. The smallest absolute Gasteiger partial charge is 0.338 e. The SMILES string of the molecule is CCCCN(CC)C(=O)Nc1sccc1C(=O)O. The summed E-state index contributed by atoms with van der Waals surface area (Å²) in [6.07, 6.45) is 1.96. The summed E-state index contributed by atoms with van der Waals surface area (Å²) < 4.78 is 0. The van der Waals surface area contributed by atoms with Crippen LogP contribution in [0.15, 0.2) is 11.4 Å². The lowest BCUT2D eigenvalue weighted by molar-refractivity contribution is 0.0698. The van der Waals surface area contributed by atoms with Gasteiger partial charge in [0, 0.05) is 13.1 Å². The van der Waals surface area contributed by atoms with Crippen LogP contribution in [0.25, 0.3) is 0 Å². The van der Waals surface area contributed by atoms with E-state index in [0.29, 0.717) is 18.1 Å². The van der Waals surface area contributed by atoms with Crippen LogP contribution in [0, 0.1) is 0 Å². The van der Waals surface area contributed by atoms with Gasteiger partial charge in [0.2, 0.25) is 0 Å². The minimum atomic E-state index is -1.02. The molecule has 0 aliphatic heterocycles. The van der Waals surface area contributed by atoms with E-state index in [1.807, 2.05) is 6.92 Å². The lowest BCUT2D eigenvalue weighted by atomic mass is 10.3. The summed E-state index contributed by atoms with van der Waals surface area (Å²) in [5, 5.41) is 13.6. The maximum atomic E-state index is 12.0. The van der Waals surface area contributed by atoms with Crippen LogP contribution in [0.5, 0.6) is 0 Å². The van der Waals surface area contributed by atoms with Crippen LogP contribution in [0.2, 0.25) is 0 Å². The number of carboxylic acids is 1. The third kappa shape index (κ3) is 3.73. The van der Waals surface area contributed by atoms with Crippen molar-refractivity contribution in [2.75, 3.05) is 18.4 Å². The van der Waals surface area contributed by atoms with Gasteiger partial charge in [-0.25, -0.2) is 9.59 Å². The molecular formula is C12H18N2O3S. The molecule has 0 unspecified atom stereocenters. The van der Waals surface area contributed by atoms with Gasteiger partial charge in [0.1, 0.15) is 5.00 Å². The third-order valence-corrected chi connectivity index (χ3v) is 3.40. The second-order valence-corrected chi connectivity index (χ2v) is 4.75. The van der Waals surface area contributed by atoms with Gasteiger partial charge in [0.25, 0.3) is 0 Å². The first-order valence-electron chi connectivity index (χ1n) is 5.96. The predicted molar refractivity (Wildman–Crippen MR) is 72.5 cm³/mol. The fourth-order valence-electron chi connectivity index (χ4n) is 1.50. The minimum absolute atomic E-state index is 0.139.